The van der Waals surface area contributed by atoms with Gasteiger partial charge >= 0.3 is 6.09 Å². The van der Waals surface area contributed by atoms with Crippen LogP contribution in [0.3, 0.4) is 0 Å². The molecule has 1 unspecified atom stereocenters. The Bertz CT molecular complexity index is 496. The van der Waals surface area contributed by atoms with Crippen molar-refractivity contribution in [1.29, 1.82) is 0 Å². The Hall–Kier alpha value is -1.60. The van der Waals surface area contributed by atoms with Gasteiger partial charge in [-0.2, -0.15) is 5.10 Å². The van der Waals surface area contributed by atoms with Crippen molar-refractivity contribution in [2.24, 2.45) is 0 Å². The van der Waals surface area contributed by atoms with E-state index in [4.69, 9.17) is 4.74 Å². The van der Waals surface area contributed by atoms with Crippen molar-refractivity contribution in [3.05, 3.63) is 18.0 Å². The molecule has 1 N–H and O–H groups in total. The predicted octanol–water partition coefficient (Wildman–Crippen LogP) is 1.56. The molecule has 7 nitrogen and oxygen atoms in total. The molecule has 0 aliphatic carbocycles. The largest absolute Gasteiger partial charge is 0.444 e. The molecule has 1 heterocycles. The molecule has 1 aromatic rings. The van der Waals surface area contributed by atoms with Crippen molar-refractivity contribution in [3.8, 4) is 0 Å². The summed E-state index contributed by atoms with van der Waals surface area (Å²) < 4.78 is 7.14. The zero-order chi connectivity index (χ0) is 17.6. The SMILES string of the molecule is CCn1cc(CN(C)CC(O)CN(C)C(=O)OC(C)(C)C)cn1. The number of aromatic nitrogens is 2. The third-order valence-corrected chi connectivity index (χ3v) is 3.18. The molecule has 23 heavy (non-hydrogen) atoms. The Labute approximate surface area is 138 Å². The predicted molar refractivity (Wildman–Crippen MR) is 89.1 cm³/mol. The number of hydrogen-bond acceptors (Lipinski definition) is 5. The molecule has 0 saturated carbocycles. The number of likely N-dealkylation sites (N-methyl/N-ethyl adjacent to an activating group) is 2. The average molecular weight is 326 g/mol. The highest BCUT2D eigenvalue weighted by molar-refractivity contribution is 5.67. The van der Waals surface area contributed by atoms with Crippen LogP contribution in [0.5, 0.6) is 0 Å². The van der Waals surface area contributed by atoms with E-state index >= 15 is 0 Å². The maximum Gasteiger partial charge on any atom is 0.410 e. The molecule has 0 radical (unpaired) electrons. The monoisotopic (exact) mass is 326 g/mol. The smallest absolute Gasteiger partial charge is 0.410 e. The maximum absolute atomic E-state index is 11.9. The molecule has 0 fully saturated rings. The van der Waals surface area contributed by atoms with E-state index in [-0.39, 0.29) is 6.54 Å². The molecule has 0 bridgehead atoms. The molecular weight excluding hydrogens is 296 g/mol. The standard InChI is InChI=1S/C16H30N4O3/c1-7-20-10-13(8-17-20)9-18(5)11-14(21)12-19(6)15(22)23-16(2,3)4/h8,10,14,21H,7,9,11-12H2,1-6H3. The van der Waals surface area contributed by atoms with Gasteiger partial charge in [-0.05, 0) is 34.7 Å². The van der Waals surface area contributed by atoms with E-state index in [1.807, 2.05) is 56.7 Å². The number of aliphatic hydroxyl groups is 1. The second-order valence-electron chi connectivity index (χ2n) is 6.92. The summed E-state index contributed by atoms with van der Waals surface area (Å²) >= 11 is 0. The number of amides is 1. The van der Waals surface area contributed by atoms with Crippen LogP contribution in [-0.4, -0.2) is 69.7 Å². The van der Waals surface area contributed by atoms with Crippen LogP contribution in [0.2, 0.25) is 0 Å². The van der Waals surface area contributed by atoms with Crippen LogP contribution in [-0.2, 0) is 17.8 Å². The van der Waals surface area contributed by atoms with E-state index in [9.17, 15) is 9.90 Å². The van der Waals surface area contributed by atoms with Gasteiger partial charge in [0.05, 0.1) is 18.8 Å². The second-order valence-corrected chi connectivity index (χ2v) is 6.92. The van der Waals surface area contributed by atoms with Gasteiger partial charge in [0.25, 0.3) is 0 Å². The first-order valence-electron chi connectivity index (χ1n) is 7.92. The summed E-state index contributed by atoms with van der Waals surface area (Å²) in [6.45, 7) is 9.73. The summed E-state index contributed by atoms with van der Waals surface area (Å²) in [6.07, 6.45) is 2.76. The molecule has 0 spiro atoms. The van der Waals surface area contributed by atoms with Gasteiger partial charge in [-0.3, -0.25) is 9.58 Å². The van der Waals surface area contributed by atoms with E-state index < -0.39 is 17.8 Å². The number of ether oxygens (including phenoxy) is 1. The molecule has 0 aliphatic rings. The summed E-state index contributed by atoms with van der Waals surface area (Å²) in [6, 6.07) is 0. The molecule has 1 atom stereocenters. The first kappa shape index (κ1) is 19.4. The molecule has 1 aromatic heterocycles. The van der Waals surface area contributed by atoms with Crippen LogP contribution in [0.15, 0.2) is 12.4 Å². The number of hydrogen-bond donors (Lipinski definition) is 1. The van der Waals surface area contributed by atoms with Gasteiger partial charge in [0.1, 0.15) is 5.60 Å². The fourth-order valence-electron chi connectivity index (χ4n) is 2.19. The van der Waals surface area contributed by atoms with E-state index in [0.717, 1.165) is 12.1 Å². The average Bonchev–Trinajstić information content (AvgIpc) is 2.83. The first-order valence-corrected chi connectivity index (χ1v) is 7.92. The number of carbonyl (C=O) groups is 1. The van der Waals surface area contributed by atoms with Gasteiger partial charge in [-0.25, -0.2) is 4.79 Å². The highest BCUT2D eigenvalue weighted by Gasteiger charge is 2.21. The Morgan fingerprint density at radius 1 is 1.39 bits per heavy atom. The van der Waals surface area contributed by atoms with Crippen LogP contribution in [0.25, 0.3) is 0 Å². The minimum absolute atomic E-state index is 0.230. The van der Waals surface area contributed by atoms with E-state index in [2.05, 4.69) is 5.10 Å². The zero-order valence-electron chi connectivity index (χ0n) is 15.1. The van der Waals surface area contributed by atoms with Gasteiger partial charge in [0.2, 0.25) is 0 Å². The van der Waals surface area contributed by atoms with Crippen LogP contribution in [0.1, 0.15) is 33.3 Å². The van der Waals surface area contributed by atoms with Crippen molar-refractivity contribution >= 4 is 6.09 Å². The summed E-state index contributed by atoms with van der Waals surface area (Å²) in [5, 5.41) is 14.4. The summed E-state index contributed by atoms with van der Waals surface area (Å²) in [5.41, 5.74) is 0.564. The number of nitrogens with zero attached hydrogens (tertiary/aromatic N) is 4. The highest BCUT2D eigenvalue weighted by Crippen LogP contribution is 2.09. The van der Waals surface area contributed by atoms with E-state index in [1.54, 1.807) is 7.05 Å². The van der Waals surface area contributed by atoms with Crippen LogP contribution in [0, 0.1) is 0 Å². The second kappa shape index (κ2) is 8.31. The molecule has 1 amide bonds. The number of aryl methyl sites for hydroxylation is 1. The van der Waals surface area contributed by atoms with E-state index in [1.165, 1.54) is 4.90 Å². The Balaban J connectivity index is 2.39. The fourth-order valence-corrected chi connectivity index (χ4v) is 2.19. The van der Waals surface area contributed by atoms with Crippen molar-refractivity contribution < 1.29 is 14.6 Å². The van der Waals surface area contributed by atoms with Gasteiger partial charge in [0, 0.05) is 38.4 Å². The highest BCUT2D eigenvalue weighted by atomic mass is 16.6. The zero-order valence-corrected chi connectivity index (χ0v) is 15.1. The lowest BCUT2D eigenvalue weighted by Crippen LogP contribution is -2.41. The quantitative estimate of drug-likeness (QED) is 0.823. The lowest BCUT2D eigenvalue weighted by atomic mass is 10.2. The van der Waals surface area contributed by atoms with Gasteiger partial charge in [-0.1, -0.05) is 0 Å². The molecule has 7 heteroatoms. The van der Waals surface area contributed by atoms with Gasteiger partial charge in [-0.15, -0.1) is 0 Å². The normalized spacial score (nSPS) is 13.2. The Morgan fingerprint density at radius 3 is 2.57 bits per heavy atom. The molecule has 0 saturated heterocycles. The summed E-state index contributed by atoms with van der Waals surface area (Å²) in [4.78, 5) is 15.3. The first-order chi connectivity index (χ1) is 10.6. The number of rotatable bonds is 7. The third kappa shape index (κ3) is 7.47. The van der Waals surface area contributed by atoms with Gasteiger partial charge < -0.3 is 14.7 Å². The molecular formula is C16H30N4O3. The number of carbonyl (C=O) groups excluding carboxylic acids is 1. The Morgan fingerprint density at radius 2 is 2.04 bits per heavy atom. The van der Waals surface area contributed by atoms with Crippen LogP contribution >= 0.6 is 0 Å². The third-order valence-electron chi connectivity index (χ3n) is 3.18. The molecule has 132 valence electrons. The van der Waals surface area contributed by atoms with Crippen molar-refractivity contribution in [3.63, 3.8) is 0 Å². The Kier molecular flexibility index (Phi) is 7.02. The summed E-state index contributed by atoms with van der Waals surface area (Å²) in [5.74, 6) is 0. The van der Waals surface area contributed by atoms with Crippen molar-refractivity contribution in [1.82, 2.24) is 19.6 Å². The van der Waals surface area contributed by atoms with Crippen molar-refractivity contribution in [2.75, 3.05) is 27.2 Å². The van der Waals surface area contributed by atoms with Gasteiger partial charge in [0.15, 0.2) is 0 Å². The maximum atomic E-state index is 11.9. The van der Waals surface area contributed by atoms with Crippen LogP contribution in [0.4, 0.5) is 4.79 Å². The topological polar surface area (TPSA) is 70.8 Å². The lowest BCUT2D eigenvalue weighted by molar-refractivity contribution is 0.0173. The minimum Gasteiger partial charge on any atom is -0.444 e. The number of aliphatic hydroxyl groups excluding tert-OH is 1. The minimum atomic E-state index is -0.640. The molecule has 1 rings (SSSR count). The molecule has 0 aliphatic heterocycles. The van der Waals surface area contributed by atoms with Crippen molar-refractivity contribution in [2.45, 2.75) is 52.5 Å². The van der Waals surface area contributed by atoms with Crippen LogP contribution < -0.4 is 0 Å². The lowest BCUT2D eigenvalue weighted by Gasteiger charge is -2.27. The fraction of sp³-hybridized carbons (Fsp3) is 0.750. The summed E-state index contributed by atoms with van der Waals surface area (Å²) in [7, 11) is 3.56. The van der Waals surface area contributed by atoms with E-state index in [0.29, 0.717) is 13.1 Å². The molecule has 0 aromatic carbocycles.